The second-order valence-corrected chi connectivity index (χ2v) is 5.62. The molecule has 4 rings (SSSR count). The molecule has 0 saturated heterocycles. The molecule has 0 aliphatic heterocycles. The van der Waals surface area contributed by atoms with Crippen molar-refractivity contribution in [2.24, 2.45) is 0 Å². The van der Waals surface area contributed by atoms with Gasteiger partial charge in [-0.2, -0.15) is 0 Å². The molecule has 4 aromatic rings. The molecule has 3 heterocycles. The monoisotopic (exact) mass is 355 g/mol. The molecule has 0 unspecified atom stereocenters. The van der Waals surface area contributed by atoms with Crippen LogP contribution in [0, 0.1) is 0 Å². The van der Waals surface area contributed by atoms with E-state index in [1.165, 1.54) is 12.1 Å². The summed E-state index contributed by atoms with van der Waals surface area (Å²) in [6.45, 7) is 0. The van der Waals surface area contributed by atoms with E-state index >= 15 is 0 Å². The summed E-state index contributed by atoms with van der Waals surface area (Å²) < 4.78 is 0. The SMILES string of the molecule is O=C(O)c1ccc(-c2nc(-c3ccccn3)nc(-c3ccccn3)n2)cc1. The van der Waals surface area contributed by atoms with Crippen LogP contribution in [0.1, 0.15) is 10.4 Å². The third kappa shape index (κ3) is 3.52. The lowest BCUT2D eigenvalue weighted by molar-refractivity contribution is 0.0697. The molecule has 1 aromatic carbocycles. The zero-order chi connectivity index (χ0) is 18.6. The fourth-order valence-corrected chi connectivity index (χ4v) is 2.49. The third-order valence-electron chi connectivity index (χ3n) is 3.81. The molecular formula is C20H13N5O2. The first-order valence-corrected chi connectivity index (χ1v) is 8.13. The Morgan fingerprint density at radius 3 is 1.63 bits per heavy atom. The molecule has 0 fully saturated rings. The number of nitrogens with zero attached hydrogens (tertiary/aromatic N) is 5. The molecule has 0 aliphatic rings. The third-order valence-corrected chi connectivity index (χ3v) is 3.81. The van der Waals surface area contributed by atoms with Crippen LogP contribution in [0.2, 0.25) is 0 Å². The topological polar surface area (TPSA) is 102 Å². The molecular weight excluding hydrogens is 342 g/mol. The Morgan fingerprint density at radius 2 is 1.19 bits per heavy atom. The van der Waals surface area contributed by atoms with Gasteiger partial charge in [0.05, 0.1) is 5.56 Å². The highest BCUT2D eigenvalue weighted by molar-refractivity contribution is 5.88. The lowest BCUT2D eigenvalue weighted by Crippen LogP contribution is -2.02. The predicted molar refractivity (Wildman–Crippen MR) is 98.7 cm³/mol. The second-order valence-electron chi connectivity index (χ2n) is 5.62. The smallest absolute Gasteiger partial charge is 0.335 e. The van der Waals surface area contributed by atoms with Crippen molar-refractivity contribution < 1.29 is 9.90 Å². The van der Waals surface area contributed by atoms with Crippen LogP contribution in [-0.4, -0.2) is 36.0 Å². The minimum absolute atomic E-state index is 0.197. The molecule has 0 amide bonds. The molecule has 0 atom stereocenters. The van der Waals surface area contributed by atoms with E-state index in [4.69, 9.17) is 5.11 Å². The van der Waals surface area contributed by atoms with Gasteiger partial charge in [-0.05, 0) is 36.4 Å². The van der Waals surface area contributed by atoms with E-state index in [9.17, 15) is 4.79 Å². The van der Waals surface area contributed by atoms with Gasteiger partial charge in [-0.3, -0.25) is 9.97 Å². The van der Waals surface area contributed by atoms with Crippen LogP contribution in [0.25, 0.3) is 34.4 Å². The number of carboxylic acid groups (broad SMARTS) is 1. The minimum atomic E-state index is -0.986. The zero-order valence-electron chi connectivity index (χ0n) is 14.0. The second kappa shape index (κ2) is 7.09. The van der Waals surface area contributed by atoms with Crippen LogP contribution >= 0.6 is 0 Å². The van der Waals surface area contributed by atoms with Crippen molar-refractivity contribution in [3.05, 3.63) is 78.6 Å². The summed E-state index contributed by atoms with van der Waals surface area (Å²) in [5.74, 6) is 0.274. The van der Waals surface area contributed by atoms with Gasteiger partial charge in [-0.15, -0.1) is 0 Å². The first-order valence-electron chi connectivity index (χ1n) is 8.13. The quantitative estimate of drug-likeness (QED) is 0.599. The number of aromatic carboxylic acids is 1. The highest BCUT2D eigenvalue weighted by atomic mass is 16.4. The molecule has 27 heavy (non-hydrogen) atoms. The summed E-state index contributed by atoms with van der Waals surface area (Å²) in [6, 6.07) is 17.3. The molecule has 3 aromatic heterocycles. The van der Waals surface area contributed by atoms with Crippen LogP contribution < -0.4 is 0 Å². The van der Waals surface area contributed by atoms with Gasteiger partial charge in [-0.1, -0.05) is 24.3 Å². The Balaban J connectivity index is 1.86. The van der Waals surface area contributed by atoms with Crippen LogP contribution in [-0.2, 0) is 0 Å². The van der Waals surface area contributed by atoms with Crippen LogP contribution in [0.3, 0.4) is 0 Å². The molecule has 1 N–H and O–H groups in total. The van der Waals surface area contributed by atoms with Gasteiger partial charge >= 0.3 is 5.97 Å². The van der Waals surface area contributed by atoms with E-state index in [0.29, 0.717) is 34.4 Å². The van der Waals surface area contributed by atoms with Gasteiger partial charge in [0.15, 0.2) is 17.5 Å². The fraction of sp³-hybridized carbons (Fsp3) is 0. The van der Waals surface area contributed by atoms with Gasteiger partial charge in [0.25, 0.3) is 0 Å². The Hall–Kier alpha value is -4.00. The van der Waals surface area contributed by atoms with E-state index in [-0.39, 0.29) is 5.56 Å². The van der Waals surface area contributed by atoms with Crippen molar-refractivity contribution >= 4 is 5.97 Å². The van der Waals surface area contributed by atoms with Crippen LogP contribution in [0.5, 0.6) is 0 Å². The maximum absolute atomic E-state index is 11.1. The average molecular weight is 355 g/mol. The van der Waals surface area contributed by atoms with Crippen molar-refractivity contribution in [1.29, 1.82) is 0 Å². The molecule has 0 spiro atoms. The largest absolute Gasteiger partial charge is 0.478 e. The normalized spacial score (nSPS) is 10.5. The van der Waals surface area contributed by atoms with Crippen molar-refractivity contribution in [1.82, 2.24) is 24.9 Å². The van der Waals surface area contributed by atoms with Crippen molar-refractivity contribution in [3.8, 4) is 34.4 Å². The van der Waals surface area contributed by atoms with Gasteiger partial charge in [-0.25, -0.2) is 19.7 Å². The summed E-state index contributed by atoms with van der Waals surface area (Å²) >= 11 is 0. The van der Waals surface area contributed by atoms with Crippen LogP contribution in [0.15, 0.2) is 73.1 Å². The van der Waals surface area contributed by atoms with E-state index in [2.05, 4.69) is 24.9 Å². The molecule has 130 valence electrons. The Morgan fingerprint density at radius 1 is 0.667 bits per heavy atom. The average Bonchev–Trinajstić information content (AvgIpc) is 2.75. The van der Waals surface area contributed by atoms with E-state index in [0.717, 1.165) is 0 Å². The molecule has 7 nitrogen and oxygen atoms in total. The standard InChI is InChI=1S/C20H13N5O2/c26-20(27)14-9-7-13(8-10-14)17-23-18(15-5-1-3-11-21-15)25-19(24-17)16-6-2-4-12-22-16/h1-12H,(H,26,27). The number of hydrogen-bond donors (Lipinski definition) is 1. The lowest BCUT2D eigenvalue weighted by atomic mass is 10.1. The number of rotatable bonds is 4. The zero-order valence-corrected chi connectivity index (χ0v) is 14.0. The van der Waals surface area contributed by atoms with Gasteiger partial charge in [0.2, 0.25) is 0 Å². The summed E-state index contributed by atoms with van der Waals surface area (Å²) in [5.41, 5.74) is 2.10. The first-order chi connectivity index (χ1) is 13.2. The van der Waals surface area contributed by atoms with Crippen molar-refractivity contribution in [2.45, 2.75) is 0 Å². The Bertz CT molecular complexity index is 1030. The fourth-order valence-electron chi connectivity index (χ4n) is 2.49. The maximum Gasteiger partial charge on any atom is 0.335 e. The Labute approximate surface area is 154 Å². The van der Waals surface area contributed by atoms with E-state index in [1.807, 2.05) is 36.4 Å². The van der Waals surface area contributed by atoms with Gasteiger partial charge in [0.1, 0.15) is 11.4 Å². The van der Waals surface area contributed by atoms with Crippen molar-refractivity contribution in [2.75, 3.05) is 0 Å². The van der Waals surface area contributed by atoms with E-state index in [1.54, 1.807) is 24.5 Å². The van der Waals surface area contributed by atoms with Gasteiger partial charge < -0.3 is 5.11 Å². The van der Waals surface area contributed by atoms with Crippen LogP contribution in [0.4, 0.5) is 0 Å². The highest BCUT2D eigenvalue weighted by Gasteiger charge is 2.13. The summed E-state index contributed by atoms with van der Waals surface area (Å²) in [7, 11) is 0. The number of carboxylic acids is 1. The maximum atomic E-state index is 11.1. The first kappa shape index (κ1) is 16.5. The number of pyridine rings is 2. The molecule has 0 aliphatic carbocycles. The summed E-state index contributed by atoms with van der Waals surface area (Å²) in [5, 5.41) is 9.07. The van der Waals surface area contributed by atoms with E-state index < -0.39 is 5.97 Å². The number of hydrogen-bond acceptors (Lipinski definition) is 6. The highest BCUT2D eigenvalue weighted by Crippen LogP contribution is 2.23. The Kier molecular flexibility index (Phi) is 4.32. The van der Waals surface area contributed by atoms with Gasteiger partial charge in [0, 0.05) is 18.0 Å². The molecule has 0 radical (unpaired) electrons. The summed E-state index contributed by atoms with van der Waals surface area (Å²) in [6.07, 6.45) is 3.34. The number of benzene rings is 1. The molecule has 0 bridgehead atoms. The molecule has 0 saturated carbocycles. The van der Waals surface area contributed by atoms with Crippen molar-refractivity contribution in [3.63, 3.8) is 0 Å². The number of aromatic nitrogens is 5. The lowest BCUT2D eigenvalue weighted by Gasteiger charge is -2.07. The number of carbonyl (C=O) groups is 1. The minimum Gasteiger partial charge on any atom is -0.478 e. The predicted octanol–water partition coefficient (Wildman–Crippen LogP) is 3.36. The summed E-state index contributed by atoms with van der Waals surface area (Å²) in [4.78, 5) is 33.2. The molecule has 7 heteroatoms.